The molecule has 0 aliphatic carbocycles. The number of anilines is 1. The lowest BCUT2D eigenvalue weighted by Gasteiger charge is -2.10. The molecule has 0 saturated heterocycles. The van der Waals surface area contributed by atoms with Crippen LogP contribution in [0.3, 0.4) is 0 Å². The summed E-state index contributed by atoms with van der Waals surface area (Å²) in [4.78, 5) is 4.44. The second-order valence-electron chi connectivity index (χ2n) is 5.77. The number of rotatable bonds is 5. The van der Waals surface area contributed by atoms with Gasteiger partial charge in [-0.1, -0.05) is 11.6 Å². The average molecular weight is 436 g/mol. The molecule has 2 aromatic carbocycles. The maximum atomic E-state index is 13.0. The van der Waals surface area contributed by atoms with Gasteiger partial charge >= 0.3 is 6.18 Å². The summed E-state index contributed by atoms with van der Waals surface area (Å²) in [5.74, 6) is 0.715. The van der Waals surface area contributed by atoms with Gasteiger partial charge in [0.25, 0.3) is 0 Å². The number of nitrogens with one attached hydrogen (secondary N) is 1. The first kappa shape index (κ1) is 20.7. The number of ether oxygens (including phenoxy) is 1. The monoisotopic (exact) mass is 435 g/mol. The molecular formula is C20H13ClF3N3OS. The summed E-state index contributed by atoms with van der Waals surface area (Å²) >= 11 is 6.87. The second-order valence-corrected chi connectivity index (χ2v) is 7.04. The van der Waals surface area contributed by atoms with Crippen molar-refractivity contribution in [3.05, 3.63) is 69.6 Å². The van der Waals surface area contributed by atoms with Crippen LogP contribution in [0.1, 0.15) is 10.6 Å². The number of aromatic nitrogens is 1. The van der Waals surface area contributed by atoms with Gasteiger partial charge in [-0.3, -0.25) is 0 Å². The van der Waals surface area contributed by atoms with Gasteiger partial charge in [0.1, 0.15) is 22.4 Å². The third kappa shape index (κ3) is 4.88. The van der Waals surface area contributed by atoms with E-state index in [0.29, 0.717) is 16.5 Å². The van der Waals surface area contributed by atoms with Gasteiger partial charge in [-0.15, -0.1) is 11.3 Å². The lowest BCUT2D eigenvalue weighted by atomic mass is 10.2. The van der Waals surface area contributed by atoms with Crippen molar-refractivity contribution in [2.24, 2.45) is 0 Å². The van der Waals surface area contributed by atoms with E-state index in [1.54, 1.807) is 24.6 Å². The maximum absolute atomic E-state index is 13.0. The lowest BCUT2D eigenvalue weighted by Crippen LogP contribution is -2.06. The van der Waals surface area contributed by atoms with Crippen molar-refractivity contribution in [1.82, 2.24) is 4.98 Å². The number of allylic oxidation sites excluding steroid dienone is 1. The molecule has 0 amide bonds. The summed E-state index contributed by atoms with van der Waals surface area (Å²) in [6, 6.07) is 12.7. The van der Waals surface area contributed by atoms with Crippen LogP contribution in [0.5, 0.6) is 5.75 Å². The van der Waals surface area contributed by atoms with Crippen molar-refractivity contribution in [3.8, 4) is 23.1 Å². The van der Waals surface area contributed by atoms with E-state index >= 15 is 0 Å². The largest absolute Gasteiger partial charge is 0.497 e. The fourth-order valence-electron chi connectivity index (χ4n) is 2.42. The first-order valence-corrected chi connectivity index (χ1v) is 9.41. The van der Waals surface area contributed by atoms with E-state index < -0.39 is 16.8 Å². The first-order chi connectivity index (χ1) is 13.8. The number of hydrogen-bond donors (Lipinski definition) is 1. The van der Waals surface area contributed by atoms with E-state index in [-0.39, 0.29) is 11.3 Å². The van der Waals surface area contributed by atoms with Crippen molar-refractivity contribution in [2.45, 2.75) is 6.18 Å². The van der Waals surface area contributed by atoms with E-state index in [1.165, 1.54) is 23.6 Å². The number of halogens is 4. The minimum Gasteiger partial charge on any atom is -0.497 e. The number of methoxy groups -OCH3 is 1. The van der Waals surface area contributed by atoms with Gasteiger partial charge in [0.15, 0.2) is 0 Å². The van der Waals surface area contributed by atoms with E-state index in [1.807, 2.05) is 18.2 Å². The Morgan fingerprint density at radius 3 is 2.59 bits per heavy atom. The number of alkyl halides is 3. The topological polar surface area (TPSA) is 57.9 Å². The highest BCUT2D eigenvalue weighted by atomic mass is 35.5. The van der Waals surface area contributed by atoms with E-state index in [9.17, 15) is 18.4 Å². The van der Waals surface area contributed by atoms with Crippen molar-refractivity contribution in [3.63, 3.8) is 0 Å². The molecule has 0 radical (unpaired) electrons. The van der Waals surface area contributed by atoms with Crippen LogP contribution in [-0.2, 0) is 6.18 Å². The van der Waals surface area contributed by atoms with Gasteiger partial charge in [-0.05, 0) is 42.5 Å². The summed E-state index contributed by atoms with van der Waals surface area (Å²) in [7, 11) is 1.57. The quantitative estimate of drug-likeness (QED) is 0.467. The normalized spacial score (nSPS) is 11.8. The third-order valence-corrected chi connectivity index (χ3v) is 5.10. The zero-order chi connectivity index (χ0) is 21.0. The van der Waals surface area contributed by atoms with Crippen molar-refractivity contribution < 1.29 is 17.9 Å². The molecule has 0 spiro atoms. The number of benzene rings is 2. The van der Waals surface area contributed by atoms with Gasteiger partial charge in [0.05, 0.1) is 23.4 Å². The maximum Gasteiger partial charge on any atom is 0.417 e. The average Bonchev–Trinajstić information content (AvgIpc) is 3.19. The summed E-state index contributed by atoms with van der Waals surface area (Å²) in [6.07, 6.45) is -3.25. The fourth-order valence-corrected chi connectivity index (χ4v) is 3.44. The molecule has 29 heavy (non-hydrogen) atoms. The van der Waals surface area contributed by atoms with Gasteiger partial charge in [0.2, 0.25) is 0 Å². The summed E-state index contributed by atoms with van der Waals surface area (Å²) in [5.41, 5.74) is 0.928. The van der Waals surface area contributed by atoms with E-state index in [0.717, 1.165) is 17.7 Å². The molecular weight excluding hydrogens is 423 g/mol. The smallest absolute Gasteiger partial charge is 0.417 e. The van der Waals surface area contributed by atoms with Gasteiger partial charge in [0, 0.05) is 22.8 Å². The molecule has 0 aliphatic heterocycles. The highest BCUT2D eigenvalue weighted by molar-refractivity contribution is 7.11. The van der Waals surface area contributed by atoms with E-state index in [4.69, 9.17) is 16.3 Å². The minimum absolute atomic E-state index is 0.154. The van der Waals surface area contributed by atoms with Gasteiger partial charge in [-0.25, -0.2) is 4.98 Å². The Morgan fingerprint density at radius 1 is 1.24 bits per heavy atom. The summed E-state index contributed by atoms with van der Waals surface area (Å²) in [6.45, 7) is 0. The first-order valence-electron chi connectivity index (χ1n) is 8.15. The SMILES string of the molecule is COc1ccc(-c2csc(/C(C#N)=C/Nc3ccc(Cl)c(C(F)(F)F)c3)n2)cc1. The molecule has 0 fully saturated rings. The van der Waals surface area contributed by atoms with Crippen molar-refractivity contribution in [1.29, 1.82) is 5.26 Å². The summed E-state index contributed by atoms with van der Waals surface area (Å²) < 4.78 is 44.0. The van der Waals surface area contributed by atoms with Crippen LogP contribution in [0.25, 0.3) is 16.8 Å². The minimum atomic E-state index is -4.57. The fraction of sp³-hybridized carbons (Fsp3) is 0.100. The second kappa shape index (κ2) is 8.55. The van der Waals surface area contributed by atoms with Crippen LogP contribution in [0.15, 0.2) is 54.0 Å². The third-order valence-electron chi connectivity index (χ3n) is 3.90. The number of nitriles is 1. The molecule has 0 unspecified atom stereocenters. The molecule has 1 heterocycles. The molecule has 9 heteroatoms. The zero-order valence-electron chi connectivity index (χ0n) is 14.9. The molecule has 3 aromatic rings. The highest BCUT2D eigenvalue weighted by Gasteiger charge is 2.33. The van der Waals surface area contributed by atoms with Crippen LogP contribution in [0.4, 0.5) is 18.9 Å². The Labute approximate surface area is 173 Å². The zero-order valence-corrected chi connectivity index (χ0v) is 16.5. The predicted octanol–water partition coefficient (Wildman–Crippen LogP) is 6.47. The number of hydrogen-bond acceptors (Lipinski definition) is 5. The molecule has 1 aromatic heterocycles. The van der Waals surface area contributed by atoms with E-state index in [2.05, 4.69) is 10.3 Å². The molecule has 3 rings (SSSR count). The van der Waals surface area contributed by atoms with Gasteiger partial charge in [-0.2, -0.15) is 18.4 Å². The van der Waals surface area contributed by atoms with Crippen molar-refractivity contribution >= 4 is 34.2 Å². The summed E-state index contributed by atoms with van der Waals surface area (Å²) in [5, 5.41) is 14.0. The van der Waals surface area contributed by atoms with Crippen LogP contribution in [0, 0.1) is 11.3 Å². The molecule has 0 bridgehead atoms. The molecule has 148 valence electrons. The molecule has 1 N–H and O–H groups in total. The molecule has 0 atom stereocenters. The number of thiazole rings is 1. The van der Waals surface area contributed by atoms with Crippen molar-refractivity contribution in [2.75, 3.05) is 12.4 Å². The Hall–Kier alpha value is -3.02. The molecule has 0 saturated carbocycles. The number of nitrogens with zero attached hydrogens (tertiary/aromatic N) is 2. The van der Waals surface area contributed by atoms with Crippen LogP contribution >= 0.6 is 22.9 Å². The van der Waals surface area contributed by atoms with Crippen LogP contribution in [-0.4, -0.2) is 12.1 Å². The highest BCUT2D eigenvalue weighted by Crippen LogP contribution is 2.36. The Balaban J connectivity index is 1.82. The Kier molecular flexibility index (Phi) is 6.11. The molecule has 0 aliphatic rings. The van der Waals surface area contributed by atoms with Crippen LogP contribution in [0.2, 0.25) is 5.02 Å². The molecule has 4 nitrogen and oxygen atoms in total. The Morgan fingerprint density at radius 2 is 1.97 bits per heavy atom. The standard InChI is InChI=1S/C20H13ClF3N3OS/c1-28-15-5-2-12(3-6-15)18-11-29-19(27-18)13(9-25)10-26-14-4-7-17(21)16(8-14)20(22,23)24/h2-8,10-11,26H,1H3/b13-10+. The van der Waals surface area contributed by atoms with Crippen LogP contribution < -0.4 is 10.1 Å². The van der Waals surface area contributed by atoms with Gasteiger partial charge < -0.3 is 10.1 Å². The predicted molar refractivity (Wildman–Crippen MR) is 108 cm³/mol. The lowest BCUT2D eigenvalue weighted by molar-refractivity contribution is -0.137. The Bertz CT molecular complexity index is 1090.